The lowest BCUT2D eigenvalue weighted by atomic mass is 9.81. The molecule has 5 aliphatic heterocycles. The van der Waals surface area contributed by atoms with Crippen molar-refractivity contribution in [2.45, 2.75) is 135 Å². The van der Waals surface area contributed by atoms with Gasteiger partial charge < -0.3 is 97.8 Å². The van der Waals surface area contributed by atoms with E-state index in [4.69, 9.17) is 61.6 Å². The van der Waals surface area contributed by atoms with Crippen LogP contribution in [0.1, 0.15) is 131 Å². The Morgan fingerprint density at radius 1 is 0.582 bits per heavy atom. The van der Waals surface area contributed by atoms with Crippen molar-refractivity contribution >= 4 is 76.6 Å². The van der Waals surface area contributed by atoms with Gasteiger partial charge in [0.2, 0.25) is 35.4 Å². The van der Waals surface area contributed by atoms with E-state index in [1.165, 1.54) is 62.3 Å². The minimum Gasteiger partial charge on any atom is -0.493 e. The Morgan fingerprint density at radius 2 is 1.12 bits per heavy atom. The standard InChI is InChI=1S/C78H107N9O23/c1-52-40-58-47-80-62-45-67(65(98-4)42-60(62)75(94)85(58)49-52)108-22-11-23-109-68-46-63-61(43-66(68)99-5)76(95)86-50-53(2)41-64(86)77(96)87(63)78(97)110-51-55-14-16-57(17-15-55)83-73(92)54(3)82-71(90)48-81-70(89)19-24-100-26-28-102-30-32-104-34-36-106-38-39-107-37-35-105-33-31-103-29-27-101-25-20-79-69(88)18-21-84-72(91)44-59(74(84)93)56-12-9-7-6-8-10-13-56/h14-17,42-43,45-47,49-50,54,56,58-59,64,77,96H,6-13,18-41,44,48,51H2,1-5H3,(H,79,88)(H,81,89)(H,82,90)(H,83,92)/t54-,58?,59?,64-,77-/m0/s1. The van der Waals surface area contributed by atoms with Crippen LogP contribution in [0.3, 0.4) is 0 Å². The van der Waals surface area contributed by atoms with E-state index in [9.17, 15) is 48.3 Å². The summed E-state index contributed by atoms with van der Waals surface area (Å²) in [6, 6.07) is 10.6. The first-order chi connectivity index (χ1) is 53.4. The normalized spacial score (nSPS) is 18.6. The van der Waals surface area contributed by atoms with E-state index < -0.39 is 48.0 Å². The van der Waals surface area contributed by atoms with E-state index in [-0.39, 0.29) is 143 Å². The molecule has 0 aromatic heterocycles. The van der Waals surface area contributed by atoms with Gasteiger partial charge in [0.15, 0.2) is 29.2 Å². The van der Waals surface area contributed by atoms with E-state index in [0.717, 1.165) is 41.7 Å². The molecule has 9 rings (SSSR count). The number of carbonyl (C=O) groups excluding carboxylic acids is 9. The van der Waals surface area contributed by atoms with Crippen molar-refractivity contribution in [2.24, 2.45) is 16.8 Å². The Bertz CT molecular complexity index is 3680. The Balaban J connectivity index is 0.553. The molecule has 110 heavy (non-hydrogen) atoms. The van der Waals surface area contributed by atoms with Crippen LogP contribution >= 0.6 is 0 Å². The lowest BCUT2D eigenvalue weighted by molar-refractivity contribution is -0.140. The quantitative estimate of drug-likeness (QED) is 0.0306. The Kier molecular flexibility index (Phi) is 34.5. The van der Waals surface area contributed by atoms with Crippen molar-refractivity contribution in [3.63, 3.8) is 0 Å². The van der Waals surface area contributed by atoms with Gasteiger partial charge in [-0.15, -0.1) is 0 Å². The molecule has 1 saturated heterocycles. The summed E-state index contributed by atoms with van der Waals surface area (Å²) in [4.78, 5) is 128. The molecule has 5 heterocycles. The largest absolute Gasteiger partial charge is 0.493 e. The molecule has 2 unspecified atom stereocenters. The smallest absolute Gasteiger partial charge is 0.416 e. The van der Waals surface area contributed by atoms with Gasteiger partial charge in [-0.3, -0.25) is 48.2 Å². The van der Waals surface area contributed by atoms with E-state index in [0.29, 0.717) is 139 Å². The number of hydrogen-bond donors (Lipinski definition) is 5. The number of imide groups is 1. The minimum atomic E-state index is -1.54. The fourth-order valence-corrected chi connectivity index (χ4v) is 13.4. The number of aliphatic imine (C=N–C) groups is 1. The number of aliphatic hydroxyl groups is 1. The number of benzene rings is 3. The fourth-order valence-electron chi connectivity index (χ4n) is 13.4. The van der Waals surface area contributed by atoms with E-state index in [1.54, 1.807) is 53.7 Å². The highest BCUT2D eigenvalue weighted by Gasteiger charge is 2.46. The highest BCUT2D eigenvalue weighted by molar-refractivity contribution is 6.07. The predicted molar refractivity (Wildman–Crippen MR) is 400 cm³/mol. The zero-order chi connectivity index (χ0) is 78.2. The molecule has 32 nitrogen and oxygen atoms in total. The van der Waals surface area contributed by atoms with Crippen LogP contribution in [0.5, 0.6) is 23.0 Å². The minimum absolute atomic E-state index is 0.00515. The van der Waals surface area contributed by atoms with Crippen molar-refractivity contribution in [1.82, 2.24) is 30.7 Å². The zero-order valence-electron chi connectivity index (χ0n) is 63.7. The van der Waals surface area contributed by atoms with E-state index in [2.05, 4.69) is 26.3 Å². The predicted octanol–water partition coefficient (Wildman–Crippen LogP) is 6.30. The van der Waals surface area contributed by atoms with Crippen molar-refractivity contribution in [1.29, 1.82) is 0 Å². The SMILES string of the molecule is COc1cc2c(cc1OCCCOc1cc3c(cc1OC)C(=O)N1C=C(C)C[C@H]1[C@H](O)N3C(=O)OCc1ccc(NC(=O)[C@H](C)NC(=O)CNC(=O)CCOCCOCCOCCOCCOCCOCCOCCOCCNC(=O)CCN3C(=O)CC(C4CCCCCCC4)C3=O)cc1)N=CC1CC(C)=CN1C2=O. The topological polar surface area (TPSA) is 367 Å². The average molecular weight is 1540 g/mol. The lowest BCUT2D eigenvalue weighted by Crippen LogP contribution is -2.50. The number of aliphatic hydroxyl groups excluding tert-OH is 1. The second-order valence-electron chi connectivity index (χ2n) is 27.4. The lowest BCUT2D eigenvalue weighted by Gasteiger charge is -2.31. The number of hydrogen-bond acceptors (Lipinski definition) is 24. The summed E-state index contributed by atoms with van der Waals surface area (Å²) < 4.78 is 73.6. The number of amides is 9. The molecule has 9 amide bonds. The molecule has 1 saturated carbocycles. The van der Waals surface area contributed by atoms with Crippen LogP contribution < -0.4 is 45.1 Å². The summed E-state index contributed by atoms with van der Waals surface area (Å²) in [6.45, 7) is 10.9. The summed E-state index contributed by atoms with van der Waals surface area (Å²) in [5.41, 5.74) is 3.73. The number of anilines is 2. The van der Waals surface area contributed by atoms with Crippen molar-refractivity contribution in [3.05, 3.63) is 88.8 Å². The number of carbonyl (C=O) groups is 9. The number of methoxy groups -OCH3 is 2. The van der Waals surface area contributed by atoms with Gasteiger partial charge in [0, 0.05) is 75.2 Å². The van der Waals surface area contributed by atoms with Gasteiger partial charge in [0.25, 0.3) is 11.8 Å². The average Bonchev–Trinajstić information content (AvgIpc) is 1.60. The van der Waals surface area contributed by atoms with Gasteiger partial charge in [-0.1, -0.05) is 55.4 Å². The molecule has 0 radical (unpaired) electrons. The molecule has 0 spiro atoms. The maximum absolute atomic E-state index is 14.2. The van der Waals surface area contributed by atoms with Gasteiger partial charge in [0.05, 0.1) is 180 Å². The molecule has 5 atom stereocenters. The molecule has 6 aliphatic rings. The van der Waals surface area contributed by atoms with Crippen LogP contribution in [0, 0.1) is 11.8 Å². The molecule has 0 bridgehead atoms. The third-order valence-corrected chi connectivity index (χ3v) is 19.3. The van der Waals surface area contributed by atoms with Gasteiger partial charge >= 0.3 is 6.09 Å². The summed E-state index contributed by atoms with van der Waals surface area (Å²) in [6.07, 6.45) is 12.2. The summed E-state index contributed by atoms with van der Waals surface area (Å²) in [5.74, 6) is -1.57. The molecule has 3 aromatic carbocycles. The molecule has 5 N–H and O–H groups in total. The molecule has 602 valence electrons. The van der Waals surface area contributed by atoms with Gasteiger partial charge in [0.1, 0.15) is 12.6 Å². The maximum Gasteiger partial charge on any atom is 0.416 e. The summed E-state index contributed by atoms with van der Waals surface area (Å²) in [7, 11) is 2.91. The molecule has 1 aliphatic carbocycles. The van der Waals surface area contributed by atoms with Crippen LogP contribution in [-0.4, -0.2) is 257 Å². The van der Waals surface area contributed by atoms with E-state index in [1.807, 2.05) is 20.0 Å². The third-order valence-electron chi connectivity index (χ3n) is 19.3. The number of nitrogens with one attached hydrogen (secondary N) is 4. The number of ether oxygens (including phenoxy) is 13. The Labute approximate surface area is 641 Å². The first-order valence-corrected chi connectivity index (χ1v) is 38.0. The van der Waals surface area contributed by atoms with Crippen molar-refractivity contribution in [3.8, 4) is 23.0 Å². The fraction of sp³-hybridized carbons (Fsp3) is 0.590. The van der Waals surface area contributed by atoms with Gasteiger partial charge in [-0.05, 0) is 82.2 Å². The number of likely N-dealkylation sites (tertiary alicyclic amines) is 1. The second-order valence-corrected chi connectivity index (χ2v) is 27.4. The molecular weight excluding hydrogens is 1430 g/mol. The second kappa shape index (κ2) is 44.7. The zero-order valence-corrected chi connectivity index (χ0v) is 63.7. The summed E-state index contributed by atoms with van der Waals surface area (Å²) >= 11 is 0. The number of fused-ring (bicyclic) bond motifs is 4. The molecule has 2 fully saturated rings. The molecule has 3 aromatic rings. The highest BCUT2D eigenvalue weighted by Crippen LogP contribution is 2.43. The van der Waals surface area contributed by atoms with E-state index >= 15 is 0 Å². The first-order valence-electron chi connectivity index (χ1n) is 38.0. The van der Waals surface area contributed by atoms with Crippen molar-refractivity contribution in [2.75, 3.05) is 163 Å². The molecular formula is C78H107N9O23. The number of rotatable bonds is 46. The highest BCUT2D eigenvalue weighted by atomic mass is 16.6. The Hall–Kier alpha value is -9.12. The van der Waals surface area contributed by atoms with Gasteiger partial charge in [-0.2, -0.15) is 0 Å². The van der Waals surface area contributed by atoms with Crippen molar-refractivity contribution < 1.29 is 110 Å². The van der Waals surface area contributed by atoms with Crippen LogP contribution in [0.25, 0.3) is 0 Å². The van der Waals surface area contributed by atoms with Crippen LogP contribution in [0.4, 0.5) is 21.9 Å². The third kappa shape index (κ3) is 25.5. The molecule has 32 heteroatoms. The summed E-state index contributed by atoms with van der Waals surface area (Å²) in [5, 5.41) is 22.5. The first kappa shape index (κ1) is 84.9. The monoisotopic (exact) mass is 1540 g/mol. The Morgan fingerprint density at radius 3 is 1.73 bits per heavy atom. The van der Waals surface area contributed by atoms with Crippen LogP contribution in [0.2, 0.25) is 0 Å². The maximum atomic E-state index is 14.2. The van der Waals surface area contributed by atoms with Crippen LogP contribution in [-0.2, 0) is 78.0 Å². The van der Waals surface area contributed by atoms with Gasteiger partial charge in [-0.25, -0.2) is 9.69 Å². The number of nitrogens with zero attached hydrogens (tertiary/aromatic N) is 5. The van der Waals surface area contributed by atoms with Crippen LogP contribution in [0.15, 0.2) is 77.1 Å².